The van der Waals surface area contributed by atoms with E-state index in [2.05, 4.69) is 4.72 Å². The molecule has 7 heteroatoms. The summed E-state index contributed by atoms with van der Waals surface area (Å²) in [5, 5.41) is 0. The third-order valence-corrected chi connectivity index (χ3v) is 5.25. The molecule has 2 aliphatic rings. The molecule has 1 aliphatic heterocycles. The Balaban J connectivity index is 1.73. The summed E-state index contributed by atoms with van der Waals surface area (Å²) >= 11 is 0. The molecule has 0 saturated heterocycles. The maximum Gasteiger partial charge on any atom is 0.234 e. The molecule has 0 bridgehead atoms. The fourth-order valence-corrected chi connectivity index (χ4v) is 3.64. The fraction of sp³-hybridized carbons (Fsp3) is 0.533. The predicted octanol–water partition coefficient (Wildman–Crippen LogP) is 1.37. The lowest BCUT2D eigenvalue weighted by Gasteiger charge is -2.17. The van der Waals surface area contributed by atoms with Gasteiger partial charge in [0.2, 0.25) is 15.9 Å². The van der Waals surface area contributed by atoms with Crippen LogP contribution >= 0.6 is 0 Å². The first-order chi connectivity index (χ1) is 10.5. The SMILES string of the molecule is COCCS(=O)(=O)Nc1ccc2c(c1)CCN2C(=O)C1CC1. The molecule has 3 rings (SSSR count). The van der Waals surface area contributed by atoms with Gasteiger partial charge in [-0.15, -0.1) is 0 Å². The van der Waals surface area contributed by atoms with Gasteiger partial charge in [-0.2, -0.15) is 0 Å². The molecule has 0 aromatic heterocycles. The van der Waals surface area contributed by atoms with Gasteiger partial charge in [0, 0.05) is 30.9 Å². The minimum Gasteiger partial charge on any atom is -0.384 e. The summed E-state index contributed by atoms with van der Waals surface area (Å²) in [5.74, 6) is 0.317. The van der Waals surface area contributed by atoms with Gasteiger partial charge in [0.05, 0.1) is 12.4 Å². The minimum atomic E-state index is -3.40. The molecule has 1 amide bonds. The van der Waals surface area contributed by atoms with Gasteiger partial charge in [0.15, 0.2) is 0 Å². The summed E-state index contributed by atoms with van der Waals surface area (Å²) in [7, 11) is -1.93. The Labute approximate surface area is 130 Å². The quantitative estimate of drug-likeness (QED) is 0.857. The average Bonchev–Trinajstić information content (AvgIpc) is 3.24. The molecule has 1 saturated carbocycles. The number of amides is 1. The van der Waals surface area contributed by atoms with E-state index in [1.165, 1.54) is 7.11 Å². The molecular weight excluding hydrogens is 304 g/mol. The molecule has 22 heavy (non-hydrogen) atoms. The normalized spacial score (nSPS) is 17.4. The molecule has 0 spiro atoms. The Bertz CT molecular complexity index is 683. The molecular formula is C15H20N2O4S. The van der Waals surface area contributed by atoms with Crippen molar-refractivity contribution in [3.63, 3.8) is 0 Å². The standard InChI is InChI=1S/C15H20N2O4S/c1-21-8-9-22(19,20)16-13-4-5-14-12(10-13)6-7-17(14)15(18)11-2-3-11/h4-5,10-11,16H,2-3,6-9H2,1H3. The van der Waals surface area contributed by atoms with Crippen LogP contribution < -0.4 is 9.62 Å². The zero-order valence-corrected chi connectivity index (χ0v) is 13.4. The van der Waals surface area contributed by atoms with Crippen molar-refractivity contribution in [3.05, 3.63) is 23.8 Å². The highest BCUT2D eigenvalue weighted by atomic mass is 32.2. The first kappa shape index (κ1) is 15.3. The number of carbonyl (C=O) groups excluding carboxylic acids is 1. The van der Waals surface area contributed by atoms with Crippen molar-refractivity contribution < 1.29 is 17.9 Å². The van der Waals surface area contributed by atoms with Crippen LogP contribution in [0, 0.1) is 5.92 Å². The van der Waals surface area contributed by atoms with Crippen molar-refractivity contribution >= 4 is 27.3 Å². The summed E-state index contributed by atoms with van der Waals surface area (Å²) in [6, 6.07) is 5.36. The molecule has 1 aliphatic carbocycles. The molecule has 1 aromatic rings. The second kappa shape index (κ2) is 5.89. The van der Waals surface area contributed by atoms with Crippen LogP contribution in [-0.4, -0.2) is 40.3 Å². The number of carbonyl (C=O) groups is 1. The van der Waals surface area contributed by atoms with Gasteiger partial charge in [0.1, 0.15) is 0 Å². The Hall–Kier alpha value is -1.60. The lowest BCUT2D eigenvalue weighted by molar-refractivity contribution is -0.119. The van der Waals surface area contributed by atoms with Crippen molar-refractivity contribution in [1.82, 2.24) is 0 Å². The van der Waals surface area contributed by atoms with Gasteiger partial charge >= 0.3 is 0 Å². The number of anilines is 2. The van der Waals surface area contributed by atoms with Crippen LogP contribution in [-0.2, 0) is 26.0 Å². The summed E-state index contributed by atoms with van der Waals surface area (Å²) in [4.78, 5) is 14.0. The van der Waals surface area contributed by atoms with Crippen LogP contribution in [0.5, 0.6) is 0 Å². The van der Waals surface area contributed by atoms with Crippen LogP contribution in [0.25, 0.3) is 0 Å². The number of hydrogen-bond donors (Lipinski definition) is 1. The average molecular weight is 324 g/mol. The van der Waals surface area contributed by atoms with Crippen LogP contribution in [0.2, 0.25) is 0 Å². The van der Waals surface area contributed by atoms with Crippen molar-refractivity contribution in [1.29, 1.82) is 0 Å². The maximum atomic E-state index is 12.2. The number of benzene rings is 1. The summed E-state index contributed by atoms with van der Waals surface area (Å²) < 4.78 is 31.1. The Morgan fingerprint density at radius 2 is 2.18 bits per heavy atom. The molecule has 1 N–H and O–H groups in total. The Morgan fingerprint density at radius 3 is 2.86 bits per heavy atom. The molecule has 1 heterocycles. The zero-order chi connectivity index (χ0) is 15.7. The molecule has 0 radical (unpaired) electrons. The van der Waals surface area contributed by atoms with Crippen LogP contribution in [0.4, 0.5) is 11.4 Å². The Morgan fingerprint density at radius 1 is 1.41 bits per heavy atom. The van der Waals surface area contributed by atoms with E-state index >= 15 is 0 Å². The van der Waals surface area contributed by atoms with Crippen LogP contribution in [0.1, 0.15) is 18.4 Å². The van der Waals surface area contributed by atoms with Gasteiger partial charge in [0.25, 0.3) is 0 Å². The monoisotopic (exact) mass is 324 g/mol. The summed E-state index contributed by atoms with van der Waals surface area (Å²) in [6.07, 6.45) is 2.74. The van der Waals surface area contributed by atoms with Crippen molar-refractivity contribution in [2.24, 2.45) is 5.92 Å². The highest BCUT2D eigenvalue weighted by molar-refractivity contribution is 7.92. The fourth-order valence-electron chi connectivity index (χ4n) is 2.67. The Kier molecular flexibility index (Phi) is 4.10. The van der Waals surface area contributed by atoms with E-state index < -0.39 is 10.0 Å². The number of nitrogens with zero attached hydrogens (tertiary/aromatic N) is 1. The summed E-state index contributed by atoms with van der Waals surface area (Å²) in [5.41, 5.74) is 2.47. The lowest BCUT2D eigenvalue weighted by Crippen LogP contribution is -2.30. The number of methoxy groups -OCH3 is 1. The van der Waals surface area contributed by atoms with Gasteiger partial charge in [-0.05, 0) is 43.0 Å². The van der Waals surface area contributed by atoms with Gasteiger partial charge < -0.3 is 9.64 Å². The van der Waals surface area contributed by atoms with Gasteiger partial charge in [-0.1, -0.05) is 0 Å². The van der Waals surface area contributed by atoms with Crippen molar-refractivity contribution in [2.75, 3.05) is 35.6 Å². The largest absolute Gasteiger partial charge is 0.384 e. The zero-order valence-electron chi connectivity index (χ0n) is 12.5. The van der Waals surface area contributed by atoms with E-state index in [9.17, 15) is 13.2 Å². The van der Waals surface area contributed by atoms with E-state index in [4.69, 9.17) is 4.74 Å². The summed E-state index contributed by atoms with van der Waals surface area (Å²) in [6.45, 7) is 0.842. The van der Waals surface area contributed by atoms with Crippen molar-refractivity contribution in [2.45, 2.75) is 19.3 Å². The number of fused-ring (bicyclic) bond motifs is 1. The van der Waals surface area contributed by atoms with E-state index in [0.29, 0.717) is 12.2 Å². The lowest BCUT2D eigenvalue weighted by atomic mass is 10.1. The van der Waals surface area contributed by atoms with Gasteiger partial charge in [-0.3, -0.25) is 9.52 Å². The van der Waals surface area contributed by atoms with Crippen LogP contribution in [0.15, 0.2) is 18.2 Å². The molecule has 0 atom stereocenters. The minimum absolute atomic E-state index is 0.0765. The smallest absolute Gasteiger partial charge is 0.234 e. The molecule has 1 aromatic carbocycles. The second-order valence-electron chi connectivity index (χ2n) is 5.77. The van der Waals surface area contributed by atoms with Crippen LogP contribution in [0.3, 0.4) is 0 Å². The number of sulfonamides is 1. The first-order valence-corrected chi connectivity index (χ1v) is 9.09. The number of hydrogen-bond acceptors (Lipinski definition) is 4. The predicted molar refractivity (Wildman–Crippen MR) is 84.5 cm³/mol. The molecule has 1 fully saturated rings. The van der Waals surface area contributed by atoms with Gasteiger partial charge in [-0.25, -0.2) is 8.42 Å². The van der Waals surface area contributed by atoms with E-state index in [1.54, 1.807) is 6.07 Å². The third-order valence-electron chi connectivity index (χ3n) is 4.00. The molecule has 0 unspecified atom stereocenters. The number of nitrogens with one attached hydrogen (secondary N) is 1. The number of rotatable bonds is 6. The first-order valence-electron chi connectivity index (χ1n) is 7.44. The second-order valence-corrected chi connectivity index (χ2v) is 7.61. The maximum absolute atomic E-state index is 12.2. The van der Waals surface area contributed by atoms with Crippen molar-refractivity contribution in [3.8, 4) is 0 Å². The van der Waals surface area contributed by atoms with E-state index in [1.807, 2.05) is 17.0 Å². The highest BCUT2D eigenvalue weighted by Crippen LogP contribution is 2.37. The molecule has 6 nitrogen and oxygen atoms in total. The molecule has 120 valence electrons. The topological polar surface area (TPSA) is 75.7 Å². The third kappa shape index (κ3) is 3.25. The van der Waals surface area contributed by atoms with E-state index in [0.717, 1.165) is 30.5 Å². The number of ether oxygens (including phenoxy) is 1. The van der Waals surface area contributed by atoms with E-state index in [-0.39, 0.29) is 24.2 Å². The highest BCUT2D eigenvalue weighted by Gasteiger charge is 2.36.